The van der Waals surface area contributed by atoms with Crippen LogP contribution in [0.1, 0.15) is 0 Å². The number of rotatable bonds is 5. The van der Waals surface area contributed by atoms with Crippen LogP contribution in [0.15, 0.2) is 72.8 Å². The van der Waals surface area contributed by atoms with Crippen LogP contribution in [0.4, 0.5) is 0 Å². The van der Waals surface area contributed by atoms with Gasteiger partial charge in [-0.05, 0) is 33.7 Å². The van der Waals surface area contributed by atoms with Crippen molar-refractivity contribution in [2.45, 2.75) is 0 Å². The van der Waals surface area contributed by atoms with E-state index in [0.717, 1.165) is 32.7 Å². The van der Waals surface area contributed by atoms with Gasteiger partial charge in [-0.15, -0.1) is 0 Å². The molecule has 0 fully saturated rings. The predicted octanol–water partition coefficient (Wildman–Crippen LogP) is 5.46. The maximum Gasteiger partial charge on any atom is 0.174 e. The minimum Gasteiger partial charge on any atom is -0.478 e. The van der Waals surface area contributed by atoms with Gasteiger partial charge >= 0.3 is 0 Å². The predicted molar refractivity (Wildman–Crippen MR) is 109 cm³/mol. The van der Waals surface area contributed by atoms with Gasteiger partial charge in [0, 0.05) is 11.1 Å². The number of benzene rings is 4. The van der Waals surface area contributed by atoms with E-state index >= 15 is 0 Å². The monoisotopic (exact) mass is 364 g/mol. The van der Waals surface area contributed by atoms with Crippen molar-refractivity contribution in [3.8, 4) is 34.8 Å². The molecule has 0 amide bonds. The number of nitriles is 2. The molecule has 0 aliphatic carbocycles. The molecule has 4 aromatic carbocycles. The summed E-state index contributed by atoms with van der Waals surface area (Å²) in [7, 11) is 0. The first-order valence-corrected chi connectivity index (χ1v) is 8.87. The first-order valence-electron chi connectivity index (χ1n) is 8.87. The van der Waals surface area contributed by atoms with E-state index in [1.807, 2.05) is 84.9 Å². The van der Waals surface area contributed by atoms with Gasteiger partial charge in [-0.2, -0.15) is 10.5 Å². The molecule has 0 unspecified atom stereocenters. The summed E-state index contributed by atoms with van der Waals surface area (Å²) in [4.78, 5) is 0. The SMILES string of the molecule is N#CCOc1ccc2ccccc2c1-c1c(OCC#N)ccc2ccccc12. The summed E-state index contributed by atoms with van der Waals surface area (Å²) in [6.45, 7) is -0.102. The molecule has 0 aliphatic rings. The zero-order chi connectivity index (χ0) is 19.3. The van der Waals surface area contributed by atoms with E-state index in [2.05, 4.69) is 0 Å². The second kappa shape index (κ2) is 7.70. The van der Waals surface area contributed by atoms with Crippen molar-refractivity contribution >= 4 is 21.5 Å². The third-order valence-corrected chi connectivity index (χ3v) is 4.62. The summed E-state index contributed by atoms with van der Waals surface area (Å²) in [5.74, 6) is 1.22. The molecule has 0 saturated carbocycles. The molecule has 4 nitrogen and oxygen atoms in total. The molecular weight excluding hydrogens is 348 g/mol. The summed E-state index contributed by atoms with van der Waals surface area (Å²) in [6, 6.07) is 27.8. The van der Waals surface area contributed by atoms with Crippen LogP contribution >= 0.6 is 0 Å². The standard InChI is InChI=1S/C24H16N2O2/c25-13-15-27-21-11-9-17-5-1-3-7-19(17)23(21)24-20-8-4-2-6-18(20)10-12-22(24)28-16-14-26/h1-12H,15-16H2. The van der Waals surface area contributed by atoms with Gasteiger partial charge in [0.2, 0.25) is 0 Å². The highest BCUT2D eigenvalue weighted by Crippen LogP contribution is 2.45. The molecule has 0 bridgehead atoms. The van der Waals surface area contributed by atoms with E-state index in [4.69, 9.17) is 20.0 Å². The Morgan fingerprint density at radius 3 is 1.43 bits per heavy atom. The van der Waals surface area contributed by atoms with Gasteiger partial charge in [-0.1, -0.05) is 60.7 Å². The Labute approximate surface area is 162 Å². The van der Waals surface area contributed by atoms with Gasteiger partial charge in [0.15, 0.2) is 13.2 Å². The molecule has 28 heavy (non-hydrogen) atoms. The van der Waals surface area contributed by atoms with Crippen molar-refractivity contribution in [2.24, 2.45) is 0 Å². The molecule has 4 aromatic rings. The van der Waals surface area contributed by atoms with Gasteiger partial charge in [0.05, 0.1) is 0 Å². The lowest BCUT2D eigenvalue weighted by Gasteiger charge is -2.18. The summed E-state index contributed by atoms with van der Waals surface area (Å²) >= 11 is 0. The quantitative estimate of drug-likeness (QED) is 0.471. The van der Waals surface area contributed by atoms with Crippen LogP contribution < -0.4 is 9.47 Å². The minimum absolute atomic E-state index is 0.0511. The lowest BCUT2D eigenvalue weighted by Crippen LogP contribution is -2.00. The van der Waals surface area contributed by atoms with Crippen LogP contribution in [-0.4, -0.2) is 13.2 Å². The largest absolute Gasteiger partial charge is 0.478 e. The van der Waals surface area contributed by atoms with Crippen molar-refractivity contribution < 1.29 is 9.47 Å². The second-order valence-corrected chi connectivity index (χ2v) is 6.21. The van der Waals surface area contributed by atoms with Crippen LogP contribution in [0.5, 0.6) is 11.5 Å². The van der Waals surface area contributed by atoms with E-state index in [1.165, 1.54) is 0 Å². The molecule has 4 rings (SSSR count). The first kappa shape index (κ1) is 17.4. The summed E-state index contributed by atoms with van der Waals surface area (Å²) in [5.41, 5.74) is 1.72. The van der Waals surface area contributed by atoms with Crippen molar-refractivity contribution in [1.29, 1.82) is 10.5 Å². The molecule has 0 atom stereocenters. The topological polar surface area (TPSA) is 66.0 Å². The molecular formula is C24H16N2O2. The van der Waals surface area contributed by atoms with Gasteiger partial charge in [-0.25, -0.2) is 0 Å². The fourth-order valence-corrected chi connectivity index (χ4v) is 3.48. The second-order valence-electron chi connectivity index (χ2n) is 6.21. The van der Waals surface area contributed by atoms with E-state index in [-0.39, 0.29) is 13.2 Å². The number of ether oxygens (including phenoxy) is 2. The minimum atomic E-state index is -0.0511. The Hall–Kier alpha value is -4.02. The number of fused-ring (bicyclic) bond motifs is 2. The van der Waals surface area contributed by atoms with Crippen LogP contribution in [0.3, 0.4) is 0 Å². The zero-order valence-electron chi connectivity index (χ0n) is 15.1. The smallest absolute Gasteiger partial charge is 0.174 e. The van der Waals surface area contributed by atoms with Crippen molar-refractivity contribution in [3.05, 3.63) is 72.8 Å². The van der Waals surface area contributed by atoms with Gasteiger partial charge in [0.1, 0.15) is 23.6 Å². The van der Waals surface area contributed by atoms with Crippen LogP contribution in [0.2, 0.25) is 0 Å². The molecule has 134 valence electrons. The molecule has 0 radical (unpaired) electrons. The van der Waals surface area contributed by atoms with Gasteiger partial charge < -0.3 is 9.47 Å². The fraction of sp³-hybridized carbons (Fsp3) is 0.0833. The third kappa shape index (κ3) is 3.09. The van der Waals surface area contributed by atoms with Crippen molar-refractivity contribution in [3.63, 3.8) is 0 Å². The van der Waals surface area contributed by atoms with E-state index in [1.54, 1.807) is 0 Å². The number of nitrogens with zero attached hydrogens (tertiary/aromatic N) is 2. The lowest BCUT2D eigenvalue weighted by atomic mass is 9.92. The van der Waals surface area contributed by atoms with Crippen LogP contribution in [-0.2, 0) is 0 Å². The fourth-order valence-electron chi connectivity index (χ4n) is 3.48. The third-order valence-electron chi connectivity index (χ3n) is 4.62. The average Bonchev–Trinajstić information content (AvgIpc) is 2.75. The molecule has 0 N–H and O–H groups in total. The van der Waals surface area contributed by atoms with Gasteiger partial charge in [0.25, 0.3) is 0 Å². The maximum atomic E-state index is 9.01. The lowest BCUT2D eigenvalue weighted by molar-refractivity contribution is 0.365. The Bertz CT molecular complexity index is 1150. The highest BCUT2D eigenvalue weighted by molar-refractivity contribution is 6.09. The Morgan fingerprint density at radius 1 is 0.571 bits per heavy atom. The highest BCUT2D eigenvalue weighted by Gasteiger charge is 2.18. The van der Waals surface area contributed by atoms with Crippen molar-refractivity contribution in [2.75, 3.05) is 13.2 Å². The summed E-state index contributed by atoms with van der Waals surface area (Å²) < 4.78 is 11.6. The highest BCUT2D eigenvalue weighted by atomic mass is 16.5. The van der Waals surface area contributed by atoms with Crippen LogP contribution in [0, 0.1) is 22.7 Å². The molecule has 0 spiro atoms. The molecule has 0 aromatic heterocycles. The Balaban J connectivity index is 2.10. The first-order chi connectivity index (χ1) is 13.8. The van der Waals surface area contributed by atoms with Crippen molar-refractivity contribution in [1.82, 2.24) is 0 Å². The molecule has 0 saturated heterocycles. The van der Waals surface area contributed by atoms with E-state index in [9.17, 15) is 0 Å². The molecule has 0 aliphatic heterocycles. The van der Waals surface area contributed by atoms with E-state index in [0.29, 0.717) is 11.5 Å². The average molecular weight is 364 g/mol. The maximum absolute atomic E-state index is 9.01. The van der Waals surface area contributed by atoms with Gasteiger partial charge in [-0.3, -0.25) is 0 Å². The number of hydrogen-bond donors (Lipinski definition) is 0. The summed E-state index contributed by atoms with van der Waals surface area (Å²) in [5, 5.41) is 22.1. The zero-order valence-corrected chi connectivity index (χ0v) is 15.1. The summed E-state index contributed by atoms with van der Waals surface area (Å²) in [6.07, 6.45) is 0. The number of hydrogen-bond acceptors (Lipinski definition) is 4. The normalized spacial score (nSPS) is 10.4. The molecule has 0 heterocycles. The Kier molecular flexibility index (Phi) is 4.78. The Morgan fingerprint density at radius 2 is 1.00 bits per heavy atom. The molecule has 4 heteroatoms. The van der Waals surface area contributed by atoms with E-state index < -0.39 is 0 Å². The van der Waals surface area contributed by atoms with Crippen LogP contribution in [0.25, 0.3) is 32.7 Å².